The van der Waals surface area contributed by atoms with E-state index in [0.29, 0.717) is 43.1 Å². The number of carboxylic acids is 1. The molecule has 1 amide bonds. The Bertz CT molecular complexity index is 811. The highest BCUT2D eigenvalue weighted by Gasteiger charge is 2.30. The molecule has 0 radical (unpaired) electrons. The molecule has 1 atom stereocenters. The molecule has 8 heteroatoms. The Morgan fingerprint density at radius 3 is 2.63 bits per heavy atom. The summed E-state index contributed by atoms with van der Waals surface area (Å²) in [4.78, 5) is 27.8. The number of carbonyl (C=O) groups excluding carboxylic acids is 1. The maximum absolute atomic E-state index is 12.5. The molecule has 2 N–H and O–H groups in total. The highest BCUT2D eigenvalue weighted by Crippen LogP contribution is 2.30. The van der Waals surface area contributed by atoms with Crippen LogP contribution in [-0.4, -0.2) is 34.2 Å². The van der Waals surface area contributed by atoms with Gasteiger partial charge in [-0.1, -0.05) is 17.3 Å². The van der Waals surface area contributed by atoms with E-state index in [9.17, 15) is 9.59 Å². The second kappa shape index (κ2) is 8.20. The van der Waals surface area contributed by atoms with Gasteiger partial charge in [0.25, 0.3) is 0 Å². The van der Waals surface area contributed by atoms with Crippen molar-refractivity contribution in [3.63, 3.8) is 0 Å². The number of nitrogens with one attached hydrogen (secondary N) is 1. The minimum atomic E-state index is -0.779. The molecule has 1 aromatic carbocycles. The van der Waals surface area contributed by atoms with Crippen LogP contribution in [0.25, 0.3) is 11.4 Å². The predicted molar refractivity (Wildman–Crippen MR) is 95.9 cm³/mol. The van der Waals surface area contributed by atoms with Gasteiger partial charge < -0.3 is 19.7 Å². The maximum Gasteiger partial charge on any atom is 0.306 e. The molecule has 144 valence electrons. The van der Waals surface area contributed by atoms with E-state index in [1.54, 1.807) is 20.1 Å². The first-order valence-corrected chi connectivity index (χ1v) is 8.99. The highest BCUT2D eigenvalue weighted by atomic mass is 16.5. The summed E-state index contributed by atoms with van der Waals surface area (Å²) in [5, 5.41) is 15.9. The zero-order valence-corrected chi connectivity index (χ0v) is 15.3. The number of carbonyl (C=O) groups is 2. The Labute approximate surface area is 156 Å². The Balaban J connectivity index is 1.60. The first kappa shape index (κ1) is 18.9. The number of hydrogen-bond acceptors (Lipinski definition) is 6. The van der Waals surface area contributed by atoms with E-state index >= 15 is 0 Å². The predicted octanol–water partition coefficient (Wildman–Crippen LogP) is 2.81. The van der Waals surface area contributed by atoms with Crippen LogP contribution in [0.5, 0.6) is 5.75 Å². The molecule has 1 saturated carbocycles. The molecule has 3 rings (SSSR count). The van der Waals surface area contributed by atoms with E-state index in [4.69, 9.17) is 14.4 Å². The van der Waals surface area contributed by atoms with E-state index < -0.39 is 12.0 Å². The molecule has 1 aliphatic rings. The fourth-order valence-corrected chi connectivity index (χ4v) is 3.29. The standard InChI is InChI=1S/C19H23N3O5/c1-11(20-17(23)12-6-8-13(9-7-12)19(24)25)18-21-16(22-27-18)14-4-3-5-15(10-14)26-2/h3-5,10-13H,6-9H2,1-2H3,(H,20,23)(H,24,25). The molecule has 0 spiro atoms. The molecule has 0 aliphatic heterocycles. The smallest absolute Gasteiger partial charge is 0.306 e. The summed E-state index contributed by atoms with van der Waals surface area (Å²) >= 11 is 0. The van der Waals surface area contributed by atoms with Crippen molar-refractivity contribution in [1.82, 2.24) is 15.5 Å². The Kier molecular flexibility index (Phi) is 5.73. The third kappa shape index (κ3) is 4.45. The van der Waals surface area contributed by atoms with Gasteiger partial charge in [0.15, 0.2) is 0 Å². The molecule has 1 unspecified atom stereocenters. The number of rotatable bonds is 6. The van der Waals surface area contributed by atoms with Crippen LogP contribution in [0.2, 0.25) is 0 Å². The van der Waals surface area contributed by atoms with Gasteiger partial charge >= 0.3 is 5.97 Å². The van der Waals surface area contributed by atoms with Crippen molar-refractivity contribution >= 4 is 11.9 Å². The summed E-state index contributed by atoms with van der Waals surface area (Å²) in [7, 11) is 1.59. The van der Waals surface area contributed by atoms with Crippen molar-refractivity contribution in [2.45, 2.75) is 38.6 Å². The van der Waals surface area contributed by atoms with Gasteiger partial charge in [-0.2, -0.15) is 4.98 Å². The van der Waals surface area contributed by atoms with Gasteiger partial charge in [-0.15, -0.1) is 0 Å². The lowest BCUT2D eigenvalue weighted by atomic mass is 9.81. The number of nitrogens with zero attached hydrogens (tertiary/aromatic N) is 2. The second-order valence-electron chi connectivity index (χ2n) is 6.81. The molecule has 1 heterocycles. The number of benzene rings is 1. The van der Waals surface area contributed by atoms with E-state index in [2.05, 4.69) is 15.5 Å². The van der Waals surface area contributed by atoms with Crippen LogP contribution in [0.3, 0.4) is 0 Å². The lowest BCUT2D eigenvalue weighted by Gasteiger charge is -2.25. The third-order valence-electron chi connectivity index (χ3n) is 4.95. The number of aromatic nitrogens is 2. The SMILES string of the molecule is COc1cccc(-c2noc(C(C)NC(=O)C3CCC(C(=O)O)CC3)n2)c1. The molecule has 0 saturated heterocycles. The summed E-state index contributed by atoms with van der Waals surface area (Å²) in [6.45, 7) is 1.78. The molecule has 8 nitrogen and oxygen atoms in total. The van der Waals surface area contributed by atoms with Gasteiger partial charge in [-0.25, -0.2) is 0 Å². The molecule has 0 bridgehead atoms. The lowest BCUT2D eigenvalue weighted by molar-refractivity contribution is -0.144. The average Bonchev–Trinajstić information content (AvgIpc) is 3.18. The zero-order chi connectivity index (χ0) is 19.4. The monoisotopic (exact) mass is 373 g/mol. The van der Waals surface area contributed by atoms with Gasteiger partial charge in [0.1, 0.15) is 11.8 Å². The first-order chi connectivity index (χ1) is 13.0. The van der Waals surface area contributed by atoms with Crippen molar-refractivity contribution in [2.75, 3.05) is 7.11 Å². The fourth-order valence-electron chi connectivity index (χ4n) is 3.29. The van der Waals surface area contributed by atoms with E-state index in [1.165, 1.54) is 0 Å². The largest absolute Gasteiger partial charge is 0.497 e. The van der Waals surface area contributed by atoms with Gasteiger partial charge in [0, 0.05) is 11.5 Å². The van der Waals surface area contributed by atoms with Crippen LogP contribution in [0.15, 0.2) is 28.8 Å². The topological polar surface area (TPSA) is 115 Å². The highest BCUT2D eigenvalue weighted by molar-refractivity contribution is 5.79. The van der Waals surface area contributed by atoms with E-state index in [0.717, 1.165) is 5.56 Å². The molecule has 27 heavy (non-hydrogen) atoms. The average molecular weight is 373 g/mol. The summed E-state index contributed by atoms with van der Waals surface area (Å²) in [5.74, 6) is 0.0341. The minimum absolute atomic E-state index is 0.104. The van der Waals surface area contributed by atoms with Crippen molar-refractivity contribution in [3.8, 4) is 17.1 Å². The molecular weight excluding hydrogens is 350 g/mol. The van der Waals surface area contributed by atoms with Gasteiger partial charge in [-0.3, -0.25) is 9.59 Å². The summed E-state index contributed by atoms with van der Waals surface area (Å²) in [5.41, 5.74) is 0.759. The lowest BCUT2D eigenvalue weighted by Crippen LogP contribution is -2.35. The number of aliphatic carboxylic acids is 1. The second-order valence-corrected chi connectivity index (χ2v) is 6.81. The Hall–Kier alpha value is -2.90. The fraction of sp³-hybridized carbons (Fsp3) is 0.474. The third-order valence-corrected chi connectivity index (χ3v) is 4.95. The number of carboxylic acid groups (broad SMARTS) is 1. The molecule has 2 aromatic rings. The van der Waals surface area contributed by atoms with Gasteiger partial charge in [0.05, 0.1) is 13.0 Å². The summed E-state index contributed by atoms with van der Waals surface area (Å²) in [6, 6.07) is 6.89. The number of ether oxygens (including phenoxy) is 1. The molecular formula is C19H23N3O5. The normalized spacial score (nSPS) is 20.7. The van der Waals surface area contributed by atoms with Crippen molar-refractivity contribution < 1.29 is 24.0 Å². The van der Waals surface area contributed by atoms with Crippen molar-refractivity contribution in [1.29, 1.82) is 0 Å². The van der Waals surface area contributed by atoms with Crippen LogP contribution < -0.4 is 10.1 Å². The van der Waals surface area contributed by atoms with Crippen LogP contribution in [0.4, 0.5) is 0 Å². The maximum atomic E-state index is 12.5. The van der Waals surface area contributed by atoms with E-state index in [1.807, 2.05) is 18.2 Å². The van der Waals surface area contributed by atoms with Crippen molar-refractivity contribution in [2.24, 2.45) is 11.8 Å². The van der Waals surface area contributed by atoms with Crippen LogP contribution in [0, 0.1) is 11.8 Å². The Morgan fingerprint density at radius 2 is 1.96 bits per heavy atom. The summed E-state index contributed by atoms with van der Waals surface area (Å²) < 4.78 is 10.5. The van der Waals surface area contributed by atoms with Crippen LogP contribution in [-0.2, 0) is 9.59 Å². The van der Waals surface area contributed by atoms with E-state index in [-0.39, 0.29) is 17.7 Å². The first-order valence-electron chi connectivity index (χ1n) is 8.99. The number of hydrogen-bond donors (Lipinski definition) is 2. The molecule has 1 fully saturated rings. The molecule has 1 aliphatic carbocycles. The minimum Gasteiger partial charge on any atom is -0.497 e. The van der Waals surface area contributed by atoms with Crippen LogP contribution in [0.1, 0.15) is 44.5 Å². The van der Waals surface area contributed by atoms with Crippen LogP contribution >= 0.6 is 0 Å². The number of methoxy groups -OCH3 is 1. The zero-order valence-electron chi connectivity index (χ0n) is 15.3. The van der Waals surface area contributed by atoms with Crippen molar-refractivity contribution in [3.05, 3.63) is 30.2 Å². The Morgan fingerprint density at radius 1 is 1.26 bits per heavy atom. The van der Waals surface area contributed by atoms with Gasteiger partial charge in [-0.05, 0) is 44.7 Å². The summed E-state index contributed by atoms with van der Waals surface area (Å²) in [6.07, 6.45) is 2.22. The quantitative estimate of drug-likeness (QED) is 0.800. The van der Waals surface area contributed by atoms with Gasteiger partial charge in [0.2, 0.25) is 17.6 Å². The number of amides is 1. The molecule has 1 aromatic heterocycles.